The van der Waals surface area contributed by atoms with Gasteiger partial charge in [0.25, 0.3) is 0 Å². The fourth-order valence-electron chi connectivity index (χ4n) is 3.68. The third-order valence-electron chi connectivity index (χ3n) is 4.92. The monoisotopic (exact) mass is 372 g/mol. The van der Waals surface area contributed by atoms with Crippen LogP contribution in [-0.2, 0) is 0 Å². The first-order valence-electron chi connectivity index (χ1n) is 9.22. The van der Waals surface area contributed by atoms with Gasteiger partial charge in [-0.2, -0.15) is 5.26 Å². The van der Waals surface area contributed by atoms with Crippen LogP contribution in [0.3, 0.4) is 0 Å². The Morgan fingerprint density at radius 1 is 1.18 bits per heavy atom. The van der Waals surface area contributed by atoms with E-state index in [4.69, 9.17) is 0 Å². The second-order valence-electron chi connectivity index (χ2n) is 7.79. The number of nitrogens with zero attached hydrogens (tertiary/aromatic N) is 4. The minimum absolute atomic E-state index is 0.153. The van der Waals surface area contributed by atoms with Crippen molar-refractivity contribution in [2.75, 3.05) is 6.54 Å². The van der Waals surface area contributed by atoms with Gasteiger partial charge in [-0.15, -0.1) is 0 Å². The van der Waals surface area contributed by atoms with Crippen LogP contribution in [0.1, 0.15) is 32.0 Å². The number of halogens is 1. The Morgan fingerprint density at radius 3 is 2.61 bits per heavy atom. The number of nitriles is 1. The average Bonchev–Trinajstić information content (AvgIpc) is 3.01. The van der Waals surface area contributed by atoms with Crippen LogP contribution in [0, 0.1) is 17.1 Å². The average molecular weight is 372 g/mol. The quantitative estimate of drug-likeness (QED) is 0.632. The SMILES string of the molecule is CC(C)(C)N1CC=CC=C1c1c(C#N)c2cc(F)cnc2n1-c1ccccc1. The molecule has 4 rings (SSSR count). The number of allylic oxidation sites excluding steroid dienone is 2. The smallest absolute Gasteiger partial charge is 0.146 e. The molecular weight excluding hydrogens is 351 g/mol. The summed E-state index contributed by atoms with van der Waals surface area (Å²) in [7, 11) is 0. The van der Waals surface area contributed by atoms with E-state index < -0.39 is 5.82 Å². The van der Waals surface area contributed by atoms with Crippen molar-refractivity contribution in [3.63, 3.8) is 0 Å². The molecule has 0 aliphatic carbocycles. The van der Waals surface area contributed by atoms with Crippen LogP contribution in [0.4, 0.5) is 4.39 Å². The molecule has 0 saturated heterocycles. The number of rotatable bonds is 2. The molecule has 0 amide bonds. The van der Waals surface area contributed by atoms with Gasteiger partial charge in [0.1, 0.15) is 17.5 Å². The number of hydrogen-bond donors (Lipinski definition) is 0. The van der Waals surface area contributed by atoms with Gasteiger partial charge in [-0.3, -0.25) is 4.57 Å². The molecule has 0 bridgehead atoms. The van der Waals surface area contributed by atoms with E-state index in [0.29, 0.717) is 16.6 Å². The molecule has 0 N–H and O–H groups in total. The van der Waals surface area contributed by atoms with Crippen LogP contribution in [0.5, 0.6) is 0 Å². The number of benzene rings is 1. The largest absolute Gasteiger partial charge is 0.361 e. The summed E-state index contributed by atoms with van der Waals surface area (Å²) >= 11 is 0. The molecule has 28 heavy (non-hydrogen) atoms. The van der Waals surface area contributed by atoms with Gasteiger partial charge in [-0.05, 0) is 45.0 Å². The van der Waals surface area contributed by atoms with E-state index in [1.807, 2.05) is 47.1 Å². The molecule has 1 aliphatic rings. The predicted molar refractivity (Wildman–Crippen MR) is 109 cm³/mol. The van der Waals surface area contributed by atoms with E-state index in [9.17, 15) is 9.65 Å². The van der Waals surface area contributed by atoms with Crippen LogP contribution in [0.15, 0.2) is 60.8 Å². The molecule has 0 spiro atoms. The molecule has 4 nitrogen and oxygen atoms in total. The van der Waals surface area contributed by atoms with Gasteiger partial charge in [-0.25, -0.2) is 9.37 Å². The van der Waals surface area contributed by atoms with Gasteiger partial charge in [0.15, 0.2) is 0 Å². The Hall–Kier alpha value is -3.39. The maximum absolute atomic E-state index is 14.0. The van der Waals surface area contributed by atoms with E-state index in [0.717, 1.165) is 23.6 Å². The number of fused-ring (bicyclic) bond motifs is 1. The molecule has 3 heterocycles. The highest BCUT2D eigenvalue weighted by Crippen LogP contribution is 2.37. The number of hydrogen-bond acceptors (Lipinski definition) is 3. The molecule has 5 heteroatoms. The highest BCUT2D eigenvalue weighted by atomic mass is 19.1. The lowest BCUT2D eigenvalue weighted by atomic mass is 10.00. The molecule has 2 aromatic heterocycles. The number of para-hydroxylation sites is 1. The summed E-state index contributed by atoms with van der Waals surface area (Å²) in [5.74, 6) is -0.453. The first-order chi connectivity index (χ1) is 13.4. The summed E-state index contributed by atoms with van der Waals surface area (Å²) in [6, 6.07) is 13.5. The maximum Gasteiger partial charge on any atom is 0.146 e. The Labute approximate surface area is 163 Å². The Bertz CT molecular complexity index is 1140. The first kappa shape index (κ1) is 18.0. The minimum Gasteiger partial charge on any atom is -0.361 e. The molecule has 1 aromatic carbocycles. The fourth-order valence-corrected chi connectivity index (χ4v) is 3.68. The summed E-state index contributed by atoms with van der Waals surface area (Å²) < 4.78 is 15.9. The minimum atomic E-state index is -0.453. The highest BCUT2D eigenvalue weighted by molar-refractivity contribution is 5.92. The third kappa shape index (κ3) is 2.87. The normalized spacial score (nSPS) is 14.2. The fraction of sp³-hybridized carbons (Fsp3) is 0.217. The molecule has 0 radical (unpaired) electrons. The zero-order chi connectivity index (χ0) is 19.9. The molecule has 140 valence electrons. The summed E-state index contributed by atoms with van der Waals surface area (Å²) in [5, 5.41) is 10.5. The number of pyridine rings is 1. The summed E-state index contributed by atoms with van der Waals surface area (Å²) in [4.78, 5) is 6.59. The first-order valence-corrected chi connectivity index (χ1v) is 9.22. The molecule has 0 saturated carbocycles. The van der Waals surface area contributed by atoms with Crippen molar-refractivity contribution in [2.24, 2.45) is 0 Å². The van der Waals surface area contributed by atoms with Crippen molar-refractivity contribution in [1.82, 2.24) is 14.5 Å². The van der Waals surface area contributed by atoms with E-state index in [2.05, 4.69) is 42.8 Å². The molecule has 3 aromatic rings. The van der Waals surface area contributed by atoms with Gasteiger partial charge in [0, 0.05) is 23.2 Å². The highest BCUT2D eigenvalue weighted by Gasteiger charge is 2.30. The second-order valence-corrected chi connectivity index (χ2v) is 7.79. The Balaban J connectivity index is 2.12. The van der Waals surface area contributed by atoms with Crippen molar-refractivity contribution >= 4 is 16.7 Å². The lowest BCUT2D eigenvalue weighted by Crippen LogP contribution is -2.41. The molecule has 0 fully saturated rings. The Morgan fingerprint density at radius 2 is 1.93 bits per heavy atom. The number of aromatic nitrogens is 2. The van der Waals surface area contributed by atoms with Gasteiger partial charge in [0.05, 0.1) is 23.2 Å². The Kier molecular flexibility index (Phi) is 4.27. The topological polar surface area (TPSA) is 44.9 Å². The standard InChI is InChI=1S/C23H21FN4/c1-23(2,3)27-12-8-7-11-20(27)21-19(14-25)18-13-16(24)15-26-22(18)28(21)17-9-5-4-6-10-17/h4-11,13,15H,12H2,1-3H3. The van der Waals surface area contributed by atoms with Crippen LogP contribution >= 0.6 is 0 Å². The van der Waals surface area contributed by atoms with E-state index in [-0.39, 0.29) is 5.54 Å². The van der Waals surface area contributed by atoms with Crippen molar-refractivity contribution in [1.29, 1.82) is 5.26 Å². The van der Waals surface area contributed by atoms with Gasteiger partial charge in [-0.1, -0.05) is 30.4 Å². The van der Waals surface area contributed by atoms with Gasteiger partial charge >= 0.3 is 0 Å². The summed E-state index contributed by atoms with van der Waals surface area (Å²) in [5.41, 5.74) is 3.40. The van der Waals surface area contributed by atoms with Crippen molar-refractivity contribution in [3.8, 4) is 11.8 Å². The predicted octanol–water partition coefficient (Wildman–Crippen LogP) is 5.05. The molecule has 0 atom stereocenters. The van der Waals surface area contributed by atoms with Gasteiger partial charge in [0.2, 0.25) is 0 Å². The van der Waals surface area contributed by atoms with E-state index >= 15 is 0 Å². The third-order valence-corrected chi connectivity index (χ3v) is 4.92. The van der Waals surface area contributed by atoms with Crippen LogP contribution in [0.2, 0.25) is 0 Å². The second kappa shape index (κ2) is 6.65. The molecular formula is C23H21FN4. The summed E-state index contributed by atoms with van der Waals surface area (Å²) in [6.45, 7) is 7.15. The lowest BCUT2D eigenvalue weighted by Gasteiger charge is -2.40. The van der Waals surface area contributed by atoms with Gasteiger partial charge < -0.3 is 4.90 Å². The van der Waals surface area contributed by atoms with Crippen molar-refractivity contribution < 1.29 is 4.39 Å². The molecule has 1 aliphatic heterocycles. The van der Waals surface area contributed by atoms with Crippen LogP contribution < -0.4 is 0 Å². The van der Waals surface area contributed by atoms with E-state index in [1.54, 1.807) is 0 Å². The lowest BCUT2D eigenvalue weighted by molar-refractivity contribution is 0.239. The molecule has 0 unspecified atom stereocenters. The van der Waals surface area contributed by atoms with Crippen molar-refractivity contribution in [2.45, 2.75) is 26.3 Å². The zero-order valence-electron chi connectivity index (χ0n) is 16.1. The maximum atomic E-state index is 14.0. The zero-order valence-corrected chi connectivity index (χ0v) is 16.1. The van der Waals surface area contributed by atoms with Crippen LogP contribution in [-0.4, -0.2) is 26.5 Å². The van der Waals surface area contributed by atoms with E-state index in [1.165, 1.54) is 12.3 Å². The van der Waals surface area contributed by atoms with Crippen molar-refractivity contribution in [3.05, 3.63) is 77.9 Å². The summed E-state index contributed by atoms with van der Waals surface area (Å²) in [6.07, 6.45) is 7.30. The van der Waals surface area contributed by atoms with Crippen LogP contribution in [0.25, 0.3) is 22.4 Å².